The van der Waals surface area contributed by atoms with Crippen LogP contribution < -0.4 is 10.6 Å². The molecule has 6 rings (SSSR count). The molecule has 3 heterocycles. The fourth-order valence-electron chi connectivity index (χ4n) is 7.75. The van der Waals surface area contributed by atoms with Crippen LogP contribution in [0.15, 0.2) is 24.3 Å². The molecule has 0 bridgehead atoms. The monoisotopic (exact) mass is 509 g/mol. The Labute approximate surface area is 219 Å². The third kappa shape index (κ3) is 4.36. The first kappa shape index (κ1) is 24.9. The van der Waals surface area contributed by atoms with Gasteiger partial charge in [0.1, 0.15) is 17.2 Å². The first-order valence-corrected chi connectivity index (χ1v) is 13.9. The van der Waals surface area contributed by atoms with E-state index in [-0.39, 0.29) is 11.9 Å². The van der Waals surface area contributed by atoms with E-state index in [0.29, 0.717) is 23.5 Å². The Morgan fingerprint density at radius 3 is 2.92 bits per heavy atom. The Hall–Kier alpha value is -2.45. The molecule has 5 atom stereocenters. The quantitative estimate of drug-likeness (QED) is 0.585. The van der Waals surface area contributed by atoms with Crippen molar-refractivity contribution in [2.45, 2.75) is 103 Å². The number of fused-ring (bicyclic) bond motifs is 1. The lowest BCUT2D eigenvalue weighted by molar-refractivity contribution is -0.188. The normalized spacial score (nSPS) is 29.4. The Morgan fingerprint density at radius 2 is 2.19 bits per heavy atom. The number of hydrogen-bond acceptors (Lipinski definition) is 5. The molecule has 2 saturated carbocycles. The molecule has 37 heavy (non-hydrogen) atoms. The SMILES string of the molecule is Cc1nc2c(n1C1CC3N(CC[C@H](NC(=O)OC(C)(C)C)c4cccc(F)c4)C4CCC43C1)CCNC2. The number of carbonyl (C=O) groups excluding carboxylic acids is 1. The molecule has 1 spiro atoms. The number of carbonyl (C=O) groups is 1. The Morgan fingerprint density at radius 1 is 1.35 bits per heavy atom. The number of amides is 1. The molecule has 1 aromatic carbocycles. The standard InChI is InChI=1S/C29H40FN5O2/c1-18-32-23-17-31-12-9-24(23)35(18)21-15-26-29(16-21)11-8-25(29)34(26)13-10-22(19-6-5-7-20(30)14-19)33-27(36)37-28(2,3)4/h5-7,14,21-22,25-26,31H,8-13,15-17H2,1-4H3,(H,33,36)/t21?,22-,25?,26?,29?/m0/s1. The number of ether oxygens (including phenoxy) is 1. The summed E-state index contributed by atoms with van der Waals surface area (Å²) in [7, 11) is 0. The minimum absolute atomic E-state index is 0.289. The highest BCUT2D eigenvalue weighted by Crippen LogP contribution is 2.67. The van der Waals surface area contributed by atoms with Crippen molar-refractivity contribution in [3.8, 4) is 0 Å². The fourth-order valence-corrected chi connectivity index (χ4v) is 7.75. The molecule has 2 aromatic rings. The van der Waals surface area contributed by atoms with Crippen LogP contribution in [0.25, 0.3) is 0 Å². The number of nitrogens with one attached hydrogen (secondary N) is 2. The van der Waals surface area contributed by atoms with Crippen molar-refractivity contribution in [2.75, 3.05) is 13.1 Å². The number of nitrogens with zero attached hydrogens (tertiary/aromatic N) is 3. The summed E-state index contributed by atoms with van der Waals surface area (Å²) in [5.74, 6) is 0.870. The maximum atomic E-state index is 14.1. The second-order valence-corrected chi connectivity index (χ2v) is 12.5. The van der Waals surface area contributed by atoms with Gasteiger partial charge < -0.3 is 19.9 Å². The predicted octanol–water partition coefficient (Wildman–Crippen LogP) is 4.80. The summed E-state index contributed by atoms with van der Waals surface area (Å²) >= 11 is 0. The Balaban J connectivity index is 1.16. The largest absolute Gasteiger partial charge is 0.444 e. The summed E-state index contributed by atoms with van der Waals surface area (Å²) in [4.78, 5) is 20.2. The molecular formula is C29H40FN5O2. The number of alkyl carbamates (subject to hydrolysis) is 1. The minimum atomic E-state index is -0.584. The first-order valence-electron chi connectivity index (χ1n) is 13.9. The number of benzene rings is 1. The van der Waals surface area contributed by atoms with Crippen LogP contribution in [0.5, 0.6) is 0 Å². The van der Waals surface area contributed by atoms with Crippen molar-refractivity contribution in [1.82, 2.24) is 25.1 Å². The van der Waals surface area contributed by atoms with Crippen molar-refractivity contribution >= 4 is 6.09 Å². The van der Waals surface area contributed by atoms with Crippen molar-refractivity contribution in [2.24, 2.45) is 5.41 Å². The maximum absolute atomic E-state index is 14.1. The summed E-state index contributed by atoms with van der Waals surface area (Å²) in [5.41, 5.74) is 3.31. The van der Waals surface area contributed by atoms with E-state index in [1.807, 2.05) is 26.8 Å². The van der Waals surface area contributed by atoms with E-state index in [2.05, 4.69) is 27.0 Å². The molecule has 2 N–H and O–H groups in total. The molecule has 200 valence electrons. The van der Waals surface area contributed by atoms with Crippen LogP contribution in [0.4, 0.5) is 9.18 Å². The van der Waals surface area contributed by atoms with Crippen LogP contribution >= 0.6 is 0 Å². The van der Waals surface area contributed by atoms with E-state index in [4.69, 9.17) is 9.72 Å². The van der Waals surface area contributed by atoms with Gasteiger partial charge >= 0.3 is 6.09 Å². The highest BCUT2D eigenvalue weighted by atomic mass is 19.1. The summed E-state index contributed by atoms with van der Waals surface area (Å²) in [5, 5.41) is 6.48. The molecular weight excluding hydrogens is 469 g/mol. The lowest BCUT2D eigenvalue weighted by atomic mass is 9.53. The second-order valence-electron chi connectivity index (χ2n) is 12.5. The van der Waals surface area contributed by atoms with E-state index in [0.717, 1.165) is 50.3 Å². The number of imidazole rings is 1. The van der Waals surface area contributed by atoms with Crippen molar-refractivity contribution in [3.05, 3.63) is 52.9 Å². The molecule has 2 aliphatic carbocycles. The van der Waals surface area contributed by atoms with Crippen LogP contribution in [-0.4, -0.2) is 51.3 Å². The lowest BCUT2D eigenvalue weighted by Gasteiger charge is -2.68. The van der Waals surface area contributed by atoms with Gasteiger partial charge in [0.15, 0.2) is 0 Å². The molecule has 4 aliphatic rings. The van der Waals surface area contributed by atoms with Crippen molar-refractivity contribution in [3.63, 3.8) is 0 Å². The number of aromatic nitrogens is 2. The zero-order valence-corrected chi connectivity index (χ0v) is 22.5. The summed E-state index contributed by atoms with van der Waals surface area (Å²) in [6.07, 6.45) is 6.30. The van der Waals surface area contributed by atoms with Crippen LogP contribution in [0, 0.1) is 18.2 Å². The van der Waals surface area contributed by atoms with Crippen LogP contribution in [0.1, 0.15) is 87.7 Å². The van der Waals surface area contributed by atoms with Crippen molar-refractivity contribution in [1.29, 1.82) is 0 Å². The summed E-state index contributed by atoms with van der Waals surface area (Å²) in [6, 6.07) is 7.98. The van der Waals surface area contributed by atoms with E-state index in [1.54, 1.807) is 6.07 Å². The summed E-state index contributed by atoms with van der Waals surface area (Å²) in [6.45, 7) is 10.5. The Kier molecular flexibility index (Phi) is 6.10. The van der Waals surface area contributed by atoms with Crippen LogP contribution in [-0.2, 0) is 17.7 Å². The van der Waals surface area contributed by atoms with E-state index < -0.39 is 11.7 Å². The van der Waals surface area contributed by atoms with Gasteiger partial charge in [-0.05, 0) is 77.5 Å². The molecule has 0 radical (unpaired) electrons. The van der Waals surface area contributed by atoms with Gasteiger partial charge in [-0.3, -0.25) is 4.90 Å². The van der Waals surface area contributed by atoms with Gasteiger partial charge in [-0.2, -0.15) is 0 Å². The van der Waals surface area contributed by atoms with Gasteiger partial charge in [-0.15, -0.1) is 0 Å². The number of piperidine rings is 1. The molecule has 4 unspecified atom stereocenters. The Bertz CT molecular complexity index is 1190. The first-order chi connectivity index (χ1) is 17.6. The lowest BCUT2D eigenvalue weighted by Crippen LogP contribution is -2.74. The van der Waals surface area contributed by atoms with Crippen LogP contribution in [0.3, 0.4) is 0 Å². The number of rotatable bonds is 6. The molecule has 3 fully saturated rings. The highest BCUT2D eigenvalue weighted by molar-refractivity contribution is 5.68. The average Bonchev–Trinajstić information content (AvgIpc) is 3.35. The number of aryl methyl sites for hydroxylation is 1. The predicted molar refractivity (Wildman–Crippen MR) is 140 cm³/mol. The van der Waals surface area contributed by atoms with E-state index in [9.17, 15) is 9.18 Å². The van der Waals surface area contributed by atoms with Gasteiger partial charge in [0.25, 0.3) is 0 Å². The molecule has 7 nitrogen and oxygen atoms in total. The second kappa shape index (κ2) is 9.09. The topological polar surface area (TPSA) is 71.4 Å². The zero-order valence-electron chi connectivity index (χ0n) is 22.5. The third-order valence-corrected chi connectivity index (χ3v) is 9.21. The molecule has 1 saturated heterocycles. The molecule has 1 aromatic heterocycles. The number of hydrogen-bond donors (Lipinski definition) is 2. The molecule has 8 heteroatoms. The van der Waals surface area contributed by atoms with Gasteiger partial charge in [0.05, 0.1) is 11.7 Å². The van der Waals surface area contributed by atoms with Gasteiger partial charge in [0, 0.05) is 55.3 Å². The maximum Gasteiger partial charge on any atom is 0.408 e. The van der Waals surface area contributed by atoms with Crippen LogP contribution in [0.2, 0.25) is 0 Å². The highest BCUT2D eigenvalue weighted by Gasteiger charge is 2.69. The zero-order chi connectivity index (χ0) is 25.9. The van der Waals surface area contributed by atoms with Gasteiger partial charge in [-0.1, -0.05) is 12.1 Å². The minimum Gasteiger partial charge on any atom is -0.444 e. The number of halogens is 1. The smallest absolute Gasteiger partial charge is 0.408 e. The molecule has 1 amide bonds. The van der Waals surface area contributed by atoms with Crippen molar-refractivity contribution < 1.29 is 13.9 Å². The van der Waals surface area contributed by atoms with E-state index >= 15 is 0 Å². The molecule has 2 aliphatic heterocycles. The van der Waals surface area contributed by atoms with Gasteiger partial charge in [0.2, 0.25) is 0 Å². The number of likely N-dealkylation sites (tertiary alicyclic amines) is 1. The van der Waals surface area contributed by atoms with Gasteiger partial charge in [-0.25, -0.2) is 14.2 Å². The van der Waals surface area contributed by atoms with E-state index in [1.165, 1.54) is 42.8 Å². The summed E-state index contributed by atoms with van der Waals surface area (Å²) < 4.78 is 22.2. The third-order valence-electron chi connectivity index (χ3n) is 9.21. The average molecular weight is 510 g/mol. The fraction of sp³-hybridized carbons (Fsp3) is 0.655.